The lowest BCUT2D eigenvalue weighted by atomic mass is 9.97. The molecular formula is C26H39N3O4. The molecule has 1 aromatic rings. The van der Waals surface area contributed by atoms with E-state index >= 15 is 0 Å². The summed E-state index contributed by atoms with van der Waals surface area (Å²) < 4.78 is 5.34. The second-order valence-electron chi connectivity index (χ2n) is 9.57. The third-order valence-electron chi connectivity index (χ3n) is 4.89. The highest BCUT2D eigenvalue weighted by atomic mass is 16.6. The molecule has 0 bridgehead atoms. The van der Waals surface area contributed by atoms with Gasteiger partial charge in [0, 0.05) is 12.6 Å². The molecule has 33 heavy (non-hydrogen) atoms. The second-order valence-corrected chi connectivity index (χ2v) is 9.57. The summed E-state index contributed by atoms with van der Waals surface area (Å²) in [6.45, 7) is 13.5. The van der Waals surface area contributed by atoms with Crippen molar-refractivity contribution < 1.29 is 19.1 Å². The molecule has 7 heteroatoms. The van der Waals surface area contributed by atoms with Gasteiger partial charge in [0.05, 0.1) is 0 Å². The number of hydrogen-bond acceptors (Lipinski definition) is 4. The van der Waals surface area contributed by atoms with Crippen LogP contribution >= 0.6 is 0 Å². The first-order valence-corrected chi connectivity index (χ1v) is 11.5. The van der Waals surface area contributed by atoms with Gasteiger partial charge in [-0.25, -0.2) is 4.79 Å². The van der Waals surface area contributed by atoms with Crippen LogP contribution in [0, 0.1) is 25.3 Å². The van der Waals surface area contributed by atoms with E-state index in [1.807, 2.05) is 39.8 Å². The number of nitrogens with one attached hydrogen (secondary N) is 2. The Bertz CT molecular complexity index is 852. The highest BCUT2D eigenvalue weighted by molar-refractivity contribution is 5.93. The van der Waals surface area contributed by atoms with Crippen molar-refractivity contribution in [1.82, 2.24) is 15.5 Å². The fourth-order valence-corrected chi connectivity index (χ4v) is 3.35. The van der Waals surface area contributed by atoms with Crippen molar-refractivity contribution in [3.8, 4) is 12.5 Å². The van der Waals surface area contributed by atoms with Crippen molar-refractivity contribution in [3.63, 3.8) is 0 Å². The maximum atomic E-state index is 13.6. The normalized spacial score (nSPS) is 12.9. The van der Waals surface area contributed by atoms with Crippen LogP contribution in [0.15, 0.2) is 24.3 Å². The van der Waals surface area contributed by atoms with E-state index in [4.69, 9.17) is 11.2 Å². The fraction of sp³-hybridized carbons (Fsp3) is 0.577. The number of amides is 3. The fourth-order valence-electron chi connectivity index (χ4n) is 3.35. The van der Waals surface area contributed by atoms with E-state index < -0.39 is 29.7 Å². The third kappa shape index (κ3) is 9.17. The number of aryl methyl sites for hydroxylation is 1. The highest BCUT2D eigenvalue weighted by Crippen LogP contribution is 2.26. The predicted molar refractivity (Wildman–Crippen MR) is 130 cm³/mol. The number of hydrogen-bond donors (Lipinski definition) is 2. The Morgan fingerprint density at radius 1 is 1.18 bits per heavy atom. The molecule has 2 unspecified atom stereocenters. The minimum absolute atomic E-state index is 0.0869. The molecule has 0 saturated heterocycles. The SMILES string of the molecule is C#CN(C(=O)C(CC(C)C)NC(=O)OC(C)(C)C)C(C(=O)NCCCC)c1ccccc1C. The van der Waals surface area contributed by atoms with Crippen LogP contribution in [0.2, 0.25) is 0 Å². The van der Waals surface area contributed by atoms with Crippen LogP contribution in [0.4, 0.5) is 4.79 Å². The molecule has 3 amide bonds. The van der Waals surface area contributed by atoms with Crippen LogP contribution in [0.5, 0.6) is 0 Å². The number of ether oxygens (including phenoxy) is 1. The lowest BCUT2D eigenvalue weighted by Gasteiger charge is -2.31. The maximum Gasteiger partial charge on any atom is 0.408 e. The Morgan fingerprint density at radius 2 is 1.82 bits per heavy atom. The van der Waals surface area contributed by atoms with Gasteiger partial charge in [-0.3, -0.25) is 14.5 Å². The van der Waals surface area contributed by atoms with Gasteiger partial charge in [0.1, 0.15) is 17.7 Å². The molecule has 1 aromatic carbocycles. The molecule has 0 radical (unpaired) electrons. The zero-order valence-electron chi connectivity index (χ0n) is 21.0. The molecule has 0 aromatic heterocycles. The number of alkyl carbamates (subject to hydrolysis) is 1. The summed E-state index contributed by atoms with van der Waals surface area (Å²) >= 11 is 0. The third-order valence-corrected chi connectivity index (χ3v) is 4.89. The van der Waals surface area contributed by atoms with Crippen LogP contribution < -0.4 is 10.6 Å². The molecule has 0 spiro atoms. The molecule has 0 aliphatic rings. The summed E-state index contributed by atoms with van der Waals surface area (Å²) in [5.41, 5.74) is 0.754. The zero-order chi connectivity index (χ0) is 25.2. The first kappa shape index (κ1) is 28.0. The quantitative estimate of drug-likeness (QED) is 0.311. The minimum atomic E-state index is -1.02. The molecule has 182 valence electrons. The number of carbonyl (C=O) groups excluding carboxylic acids is 3. The topological polar surface area (TPSA) is 87.7 Å². The Hall–Kier alpha value is -3.01. The van der Waals surface area contributed by atoms with E-state index in [0.29, 0.717) is 18.5 Å². The van der Waals surface area contributed by atoms with Gasteiger partial charge in [0.15, 0.2) is 0 Å². The number of benzene rings is 1. The summed E-state index contributed by atoms with van der Waals surface area (Å²) in [5.74, 6) is -0.802. The molecule has 2 N–H and O–H groups in total. The predicted octanol–water partition coefficient (Wildman–Crippen LogP) is 4.31. The summed E-state index contributed by atoms with van der Waals surface area (Å²) in [6.07, 6.45) is 7.15. The van der Waals surface area contributed by atoms with Crippen molar-refractivity contribution in [2.75, 3.05) is 6.54 Å². The number of carbonyl (C=O) groups is 3. The molecule has 0 fully saturated rings. The van der Waals surface area contributed by atoms with Gasteiger partial charge in [0.2, 0.25) is 5.91 Å². The largest absolute Gasteiger partial charge is 0.444 e. The Balaban J connectivity index is 3.33. The molecule has 7 nitrogen and oxygen atoms in total. The molecule has 1 rings (SSSR count). The van der Waals surface area contributed by atoms with E-state index in [0.717, 1.165) is 23.3 Å². The van der Waals surface area contributed by atoms with Gasteiger partial charge in [-0.2, -0.15) is 0 Å². The lowest BCUT2D eigenvalue weighted by molar-refractivity contribution is -0.138. The van der Waals surface area contributed by atoms with Crippen LogP contribution in [-0.2, 0) is 14.3 Å². The van der Waals surface area contributed by atoms with Crippen LogP contribution in [0.25, 0.3) is 0 Å². The van der Waals surface area contributed by atoms with Crippen LogP contribution in [-0.4, -0.2) is 41.0 Å². The molecule has 0 aliphatic carbocycles. The van der Waals surface area contributed by atoms with Crippen molar-refractivity contribution in [2.45, 2.75) is 85.4 Å². The van der Waals surface area contributed by atoms with Gasteiger partial charge in [-0.05, 0) is 57.6 Å². The van der Waals surface area contributed by atoms with Gasteiger partial charge in [0.25, 0.3) is 5.91 Å². The van der Waals surface area contributed by atoms with E-state index in [9.17, 15) is 14.4 Å². The zero-order valence-corrected chi connectivity index (χ0v) is 21.0. The Kier molecular flexibility index (Phi) is 10.9. The lowest BCUT2D eigenvalue weighted by Crippen LogP contribution is -2.52. The van der Waals surface area contributed by atoms with E-state index in [1.165, 1.54) is 0 Å². The monoisotopic (exact) mass is 457 g/mol. The number of nitrogens with zero attached hydrogens (tertiary/aromatic N) is 1. The summed E-state index contributed by atoms with van der Waals surface area (Å²) in [5, 5.41) is 5.54. The molecular weight excluding hydrogens is 418 g/mol. The smallest absolute Gasteiger partial charge is 0.408 e. The van der Waals surface area contributed by atoms with Gasteiger partial charge in [-0.15, -0.1) is 0 Å². The van der Waals surface area contributed by atoms with Crippen LogP contribution in [0.3, 0.4) is 0 Å². The first-order valence-electron chi connectivity index (χ1n) is 11.5. The van der Waals surface area contributed by atoms with Gasteiger partial charge < -0.3 is 15.4 Å². The van der Waals surface area contributed by atoms with E-state index in [-0.39, 0.29) is 11.8 Å². The number of rotatable bonds is 10. The van der Waals surface area contributed by atoms with Gasteiger partial charge >= 0.3 is 6.09 Å². The van der Waals surface area contributed by atoms with Crippen molar-refractivity contribution in [1.29, 1.82) is 0 Å². The van der Waals surface area contributed by atoms with E-state index in [1.54, 1.807) is 32.9 Å². The average Bonchev–Trinajstić information content (AvgIpc) is 2.70. The number of unbranched alkanes of at least 4 members (excludes halogenated alkanes) is 1. The molecule has 0 aliphatic heterocycles. The first-order chi connectivity index (χ1) is 15.4. The molecule has 0 heterocycles. The standard InChI is InChI=1S/C26H39N3O4/c1-9-11-16-27-23(30)22(20-15-13-12-14-19(20)5)29(10-2)24(31)21(17-18(3)4)28-25(32)33-26(6,7)8/h2,12-15,18,21-22H,9,11,16-17H2,1,3-8H3,(H,27,30)(H,28,32). The van der Waals surface area contributed by atoms with Gasteiger partial charge in [-0.1, -0.05) is 57.9 Å². The summed E-state index contributed by atoms with van der Waals surface area (Å²) in [6, 6.07) is 7.77. The second kappa shape index (κ2) is 12.9. The maximum absolute atomic E-state index is 13.6. The Morgan fingerprint density at radius 3 is 2.33 bits per heavy atom. The highest BCUT2D eigenvalue weighted by Gasteiger charge is 2.36. The summed E-state index contributed by atoms with van der Waals surface area (Å²) in [7, 11) is 0. The van der Waals surface area contributed by atoms with Crippen molar-refractivity contribution >= 4 is 17.9 Å². The van der Waals surface area contributed by atoms with E-state index in [2.05, 4.69) is 16.7 Å². The van der Waals surface area contributed by atoms with Crippen LogP contribution in [0.1, 0.15) is 78.0 Å². The number of terminal acetylenes is 1. The molecule has 0 saturated carbocycles. The minimum Gasteiger partial charge on any atom is -0.444 e. The molecule has 2 atom stereocenters. The Labute approximate surface area is 198 Å². The van der Waals surface area contributed by atoms with Crippen molar-refractivity contribution in [3.05, 3.63) is 35.4 Å². The van der Waals surface area contributed by atoms with Crippen molar-refractivity contribution in [2.24, 2.45) is 5.92 Å². The summed E-state index contributed by atoms with van der Waals surface area (Å²) in [4.78, 5) is 40.3. The average molecular weight is 458 g/mol.